The summed E-state index contributed by atoms with van der Waals surface area (Å²) in [5.41, 5.74) is 2.01. The summed E-state index contributed by atoms with van der Waals surface area (Å²) in [5.74, 6) is 2.10. The molecule has 0 spiro atoms. The minimum atomic E-state index is -3.84. The molecule has 0 heterocycles. The van der Waals surface area contributed by atoms with Gasteiger partial charge in [-0.05, 0) is 54.1 Å². The number of benzene rings is 3. The number of rotatable bonds is 11. The van der Waals surface area contributed by atoms with Crippen LogP contribution in [0, 0.1) is 0 Å². The van der Waals surface area contributed by atoms with E-state index in [4.69, 9.17) is 21.1 Å². The fourth-order valence-electron chi connectivity index (χ4n) is 3.25. The van der Waals surface area contributed by atoms with Crippen molar-refractivity contribution in [2.75, 3.05) is 37.9 Å². The largest absolute Gasteiger partial charge is 0.493 e. The molecule has 0 bridgehead atoms. The molecule has 186 valence electrons. The molecule has 0 unspecified atom stereocenters. The monoisotopic (exact) mass is 534 g/mol. The summed E-state index contributed by atoms with van der Waals surface area (Å²) < 4.78 is 37.7. The molecule has 0 saturated carbocycles. The van der Waals surface area contributed by atoms with Crippen molar-refractivity contribution in [1.82, 2.24) is 5.32 Å². The lowest BCUT2D eigenvalue weighted by Gasteiger charge is -2.20. The Morgan fingerprint density at radius 1 is 1.00 bits per heavy atom. The van der Waals surface area contributed by atoms with Crippen LogP contribution in [0.25, 0.3) is 0 Å². The third-order valence-corrected chi connectivity index (χ3v) is 8.24. The predicted octanol–water partition coefficient (Wildman–Crippen LogP) is 4.85. The summed E-state index contributed by atoms with van der Waals surface area (Å²) in [6.07, 6.45) is 0. The smallest absolute Gasteiger partial charge is 0.264 e. The van der Waals surface area contributed by atoms with Crippen molar-refractivity contribution in [2.24, 2.45) is 0 Å². The van der Waals surface area contributed by atoms with Crippen LogP contribution < -0.4 is 19.1 Å². The Morgan fingerprint density at radius 2 is 1.71 bits per heavy atom. The molecule has 0 aliphatic rings. The second-order valence-corrected chi connectivity index (χ2v) is 11.0. The molecule has 1 amide bonds. The van der Waals surface area contributed by atoms with E-state index in [9.17, 15) is 13.2 Å². The molecule has 0 fully saturated rings. The van der Waals surface area contributed by atoms with Crippen LogP contribution in [0.15, 0.2) is 71.6 Å². The van der Waals surface area contributed by atoms with Crippen molar-refractivity contribution in [3.05, 3.63) is 82.9 Å². The molecule has 3 aromatic carbocycles. The van der Waals surface area contributed by atoms with Gasteiger partial charge in [-0.25, -0.2) is 8.42 Å². The van der Waals surface area contributed by atoms with Gasteiger partial charge in [-0.3, -0.25) is 9.10 Å². The molecule has 0 aliphatic heterocycles. The average molecular weight is 535 g/mol. The van der Waals surface area contributed by atoms with Gasteiger partial charge in [0.05, 0.1) is 24.8 Å². The van der Waals surface area contributed by atoms with Gasteiger partial charge in [0.25, 0.3) is 15.9 Å². The Balaban J connectivity index is 1.56. The number of nitrogens with zero attached hydrogens (tertiary/aromatic N) is 1. The Hall–Kier alpha value is -2.88. The van der Waals surface area contributed by atoms with Crippen molar-refractivity contribution in [2.45, 2.75) is 10.6 Å². The first-order chi connectivity index (χ1) is 16.8. The van der Waals surface area contributed by atoms with Crippen LogP contribution in [0.5, 0.6) is 11.5 Å². The number of amides is 1. The highest BCUT2D eigenvalue weighted by Crippen LogP contribution is 2.31. The highest BCUT2D eigenvalue weighted by molar-refractivity contribution is 7.98. The Kier molecular flexibility index (Phi) is 9.31. The molecule has 3 aromatic rings. The van der Waals surface area contributed by atoms with E-state index in [-0.39, 0.29) is 10.8 Å². The number of nitrogens with one attached hydrogen (secondary N) is 1. The van der Waals surface area contributed by atoms with E-state index in [1.807, 2.05) is 24.3 Å². The zero-order valence-corrected chi connectivity index (χ0v) is 22.0. The van der Waals surface area contributed by atoms with Crippen molar-refractivity contribution >= 4 is 45.0 Å². The first-order valence-corrected chi connectivity index (χ1v) is 13.6. The molecule has 7 nitrogen and oxygen atoms in total. The van der Waals surface area contributed by atoms with Crippen molar-refractivity contribution in [1.29, 1.82) is 0 Å². The van der Waals surface area contributed by atoms with Gasteiger partial charge in [0, 0.05) is 41.8 Å². The maximum absolute atomic E-state index is 13.1. The molecule has 0 aliphatic carbocycles. The zero-order valence-electron chi connectivity index (χ0n) is 19.7. The number of hydrogen-bond acceptors (Lipinski definition) is 6. The van der Waals surface area contributed by atoms with Crippen molar-refractivity contribution < 1.29 is 22.7 Å². The fourth-order valence-corrected chi connectivity index (χ4v) is 5.48. The Labute approximate surface area is 215 Å². The second kappa shape index (κ2) is 12.2. The molecule has 0 aromatic heterocycles. The number of carbonyl (C=O) groups excluding carboxylic acids is 1. The molecular weight excluding hydrogens is 508 g/mol. The Bertz CT molecular complexity index is 1270. The van der Waals surface area contributed by atoms with Gasteiger partial charge in [0.1, 0.15) is 0 Å². The van der Waals surface area contributed by atoms with E-state index in [2.05, 4.69) is 5.32 Å². The predicted molar refractivity (Wildman–Crippen MR) is 142 cm³/mol. The third-order valence-electron chi connectivity index (χ3n) is 5.20. The topological polar surface area (TPSA) is 84.9 Å². The van der Waals surface area contributed by atoms with Crippen LogP contribution >= 0.6 is 23.4 Å². The van der Waals surface area contributed by atoms with E-state index in [0.717, 1.165) is 21.4 Å². The standard InChI is InChI=1S/C25H27ClN2O5S2/c1-28(35(30,31)22-11-12-23(32-2)24(16-22)33-3)21-9-7-19(8-10-21)25(29)27-13-14-34-17-18-5-4-6-20(26)15-18/h4-12,15-16H,13-14,17H2,1-3H3,(H,27,29). The number of thioether (sulfide) groups is 1. The highest BCUT2D eigenvalue weighted by Gasteiger charge is 2.23. The van der Waals surface area contributed by atoms with Crippen molar-refractivity contribution in [3.8, 4) is 11.5 Å². The van der Waals surface area contributed by atoms with Gasteiger partial charge < -0.3 is 14.8 Å². The average Bonchev–Trinajstić information content (AvgIpc) is 2.87. The van der Waals surface area contributed by atoms with E-state index >= 15 is 0 Å². The number of methoxy groups -OCH3 is 2. The highest BCUT2D eigenvalue weighted by atomic mass is 35.5. The quantitative estimate of drug-likeness (QED) is 0.354. The molecule has 0 atom stereocenters. The maximum atomic E-state index is 13.1. The summed E-state index contributed by atoms with van der Waals surface area (Å²) in [6.45, 7) is 0.513. The minimum absolute atomic E-state index is 0.0646. The van der Waals surface area contributed by atoms with Gasteiger partial charge in [-0.1, -0.05) is 23.7 Å². The Morgan fingerprint density at radius 3 is 2.37 bits per heavy atom. The van der Waals surface area contributed by atoms with Gasteiger partial charge in [0.15, 0.2) is 11.5 Å². The lowest BCUT2D eigenvalue weighted by molar-refractivity contribution is 0.0956. The fraction of sp³-hybridized carbons (Fsp3) is 0.240. The van der Waals surface area contributed by atoms with Crippen LogP contribution in [-0.2, 0) is 15.8 Å². The maximum Gasteiger partial charge on any atom is 0.264 e. The molecule has 1 N–H and O–H groups in total. The van der Waals surface area contributed by atoms with Crippen LogP contribution in [0.3, 0.4) is 0 Å². The number of anilines is 1. The van der Waals surface area contributed by atoms with Crippen LogP contribution in [0.1, 0.15) is 15.9 Å². The molecule has 0 radical (unpaired) electrons. The summed E-state index contributed by atoms with van der Waals surface area (Å²) in [4.78, 5) is 12.5. The summed E-state index contributed by atoms with van der Waals surface area (Å²) >= 11 is 7.69. The van der Waals surface area contributed by atoms with Crippen LogP contribution in [0.2, 0.25) is 5.02 Å². The SMILES string of the molecule is COc1ccc(S(=O)(=O)N(C)c2ccc(C(=O)NCCSCc3cccc(Cl)c3)cc2)cc1OC. The lowest BCUT2D eigenvalue weighted by Crippen LogP contribution is -2.27. The minimum Gasteiger partial charge on any atom is -0.493 e. The number of hydrogen-bond donors (Lipinski definition) is 1. The summed E-state index contributed by atoms with van der Waals surface area (Å²) in [7, 11) is 0.540. The van der Waals surface area contributed by atoms with Crippen molar-refractivity contribution in [3.63, 3.8) is 0 Å². The van der Waals surface area contributed by atoms with Crippen LogP contribution in [-0.4, -0.2) is 47.9 Å². The molecule has 3 rings (SSSR count). The van der Waals surface area contributed by atoms with E-state index in [1.54, 1.807) is 42.1 Å². The van der Waals surface area contributed by atoms with E-state index in [1.165, 1.54) is 33.4 Å². The molecule has 35 heavy (non-hydrogen) atoms. The molecular formula is C25H27ClN2O5S2. The zero-order chi connectivity index (χ0) is 25.4. The molecule has 0 saturated heterocycles. The lowest BCUT2D eigenvalue weighted by atomic mass is 10.2. The molecule has 10 heteroatoms. The van der Waals surface area contributed by atoms with Gasteiger partial charge in [0.2, 0.25) is 0 Å². The summed E-state index contributed by atoms with van der Waals surface area (Å²) in [5, 5.41) is 3.59. The van der Waals surface area contributed by atoms with Gasteiger partial charge in [-0.15, -0.1) is 0 Å². The number of ether oxygens (including phenoxy) is 2. The number of carbonyl (C=O) groups is 1. The first kappa shape index (κ1) is 26.7. The number of halogens is 1. The van der Waals surface area contributed by atoms with Crippen LogP contribution in [0.4, 0.5) is 5.69 Å². The van der Waals surface area contributed by atoms with E-state index < -0.39 is 10.0 Å². The normalized spacial score (nSPS) is 11.1. The van der Waals surface area contributed by atoms with E-state index in [0.29, 0.717) is 34.3 Å². The summed E-state index contributed by atoms with van der Waals surface area (Å²) in [6, 6.07) is 18.5. The van der Waals surface area contributed by atoms with Gasteiger partial charge in [-0.2, -0.15) is 11.8 Å². The second-order valence-electron chi connectivity index (χ2n) is 7.47. The third kappa shape index (κ3) is 6.84. The van der Waals surface area contributed by atoms with Gasteiger partial charge >= 0.3 is 0 Å². The first-order valence-electron chi connectivity index (χ1n) is 10.7. The number of sulfonamides is 1.